The van der Waals surface area contributed by atoms with Crippen molar-refractivity contribution in [2.75, 3.05) is 19.8 Å². The SMILES string of the molecule is CC(COCCCO)(OCc1ccccc1)C(F)(F)F. The number of benzene rings is 1. The monoisotopic (exact) mass is 292 g/mol. The predicted octanol–water partition coefficient (Wildman–Crippen LogP) is 2.92. The van der Waals surface area contributed by atoms with E-state index in [-0.39, 0.29) is 19.8 Å². The van der Waals surface area contributed by atoms with E-state index in [2.05, 4.69) is 0 Å². The van der Waals surface area contributed by atoms with Gasteiger partial charge >= 0.3 is 6.18 Å². The van der Waals surface area contributed by atoms with Crippen molar-refractivity contribution in [2.45, 2.75) is 31.7 Å². The van der Waals surface area contributed by atoms with E-state index in [0.29, 0.717) is 12.0 Å². The summed E-state index contributed by atoms with van der Waals surface area (Å²) in [6.45, 7) is 0.183. The third-order valence-corrected chi connectivity index (χ3v) is 2.82. The second-order valence-corrected chi connectivity index (χ2v) is 4.63. The molecule has 0 saturated carbocycles. The minimum atomic E-state index is -4.53. The largest absolute Gasteiger partial charge is 0.419 e. The molecule has 0 aliphatic heterocycles. The molecule has 20 heavy (non-hydrogen) atoms. The fourth-order valence-corrected chi connectivity index (χ4v) is 1.46. The molecule has 6 heteroatoms. The molecule has 0 aliphatic carbocycles. The van der Waals surface area contributed by atoms with Crippen LogP contribution in [0.2, 0.25) is 0 Å². The smallest absolute Gasteiger partial charge is 0.396 e. The second kappa shape index (κ2) is 7.61. The molecule has 0 aliphatic rings. The Balaban J connectivity index is 2.59. The summed E-state index contributed by atoms with van der Waals surface area (Å²) in [4.78, 5) is 0. The molecule has 3 nitrogen and oxygen atoms in total. The van der Waals surface area contributed by atoms with Crippen molar-refractivity contribution in [1.82, 2.24) is 0 Å². The molecule has 0 saturated heterocycles. The fourth-order valence-electron chi connectivity index (χ4n) is 1.46. The van der Waals surface area contributed by atoms with E-state index >= 15 is 0 Å². The molecule has 0 heterocycles. The minimum Gasteiger partial charge on any atom is -0.396 e. The molecule has 0 radical (unpaired) electrons. The summed E-state index contributed by atoms with van der Waals surface area (Å²) in [7, 11) is 0. The van der Waals surface area contributed by atoms with Gasteiger partial charge in [-0.05, 0) is 18.9 Å². The molecule has 0 aromatic heterocycles. The fraction of sp³-hybridized carbons (Fsp3) is 0.571. The van der Waals surface area contributed by atoms with Crippen LogP contribution in [-0.4, -0.2) is 36.7 Å². The Kier molecular flexibility index (Phi) is 6.45. The zero-order valence-corrected chi connectivity index (χ0v) is 11.3. The number of alkyl halides is 3. The third-order valence-electron chi connectivity index (χ3n) is 2.82. The first-order chi connectivity index (χ1) is 9.39. The van der Waals surface area contributed by atoms with Crippen LogP contribution < -0.4 is 0 Å². The molecule has 1 aromatic carbocycles. The lowest BCUT2D eigenvalue weighted by molar-refractivity contribution is -0.289. The zero-order valence-electron chi connectivity index (χ0n) is 11.3. The minimum absolute atomic E-state index is 0.0663. The van der Waals surface area contributed by atoms with Gasteiger partial charge in [0, 0.05) is 13.2 Å². The Bertz CT molecular complexity index is 381. The molecule has 0 amide bonds. The highest BCUT2D eigenvalue weighted by atomic mass is 19.4. The Morgan fingerprint density at radius 3 is 2.35 bits per heavy atom. The van der Waals surface area contributed by atoms with Crippen molar-refractivity contribution in [3.05, 3.63) is 35.9 Å². The summed E-state index contributed by atoms with van der Waals surface area (Å²) < 4.78 is 49.2. The lowest BCUT2D eigenvalue weighted by atomic mass is 10.1. The standard InChI is InChI=1S/C14H19F3O3/c1-13(14(15,16)17,11-19-9-5-8-18)20-10-12-6-3-2-4-7-12/h2-4,6-7,18H,5,8-11H2,1H3. The van der Waals surface area contributed by atoms with E-state index in [4.69, 9.17) is 14.6 Å². The predicted molar refractivity (Wildman–Crippen MR) is 68.2 cm³/mol. The number of halogens is 3. The number of rotatable bonds is 8. The van der Waals surface area contributed by atoms with E-state index < -0.39 is 18.4 Å². The molecule has 1 aromatic rings. The van der Waals surface area contributed by atoms with Gasteiger partial charge in [-0.25, -0.2) is 0 Å². The van der Waals surface area contributed by atoms with Crippen molar-refractivity contribution < 1.29 is 27.8 Å². The van der Waals surface area contributed by atoms with Crippen LogP contribution >= 0.6 is 0 Å². The van der Waals surface area contributed by atoms with E-state index in [1.165, 1.54) is 0 Å². The average Bonchev–Trinajstić information content (AvgIpc) is 2.41. The van der Waals surface area contributed by atoms with Gasteiger partial charge in [0.1, 0.15) is 0 Å². The van der Waals surface area contributed by atoms with Gasteiger partial charge in [-0.15, -0.1) is 0 Å². The highest BCUT2D eigenvalue weighted by Gasteiger charge is 2.52. The first-order valence-electron chi connectivity index (χ1n) is 6.32. The highest BCUT2D eigenvalue weighted by Crippen LogP contribution is 2.34. The second-order valence-electron chi connectivity index (χ2n) is 4.63. The summed E-state index contributed by atoms with van der Waals surface area (Å²) >= 11 is 0. The third kappa shape index (κ3) is 5.11. The van der Waals surface area contributed by atoms with Crippen molar-refractivity contribution in [3.8, 4) is 0 Å². The van der Waals surface area contributed by atoms with E-state index in [1.54, 1.807) is 30.3 Å². The van der Waals surface area contributed by atoms with Crippen LogP contribution in [0.15, 0.2) is 30.3 Å². The number of aliphatic hydroxyl groups excluding tert-OH is 1. The molecular weight excluding hydrogens is 273 g/mol. The number of hydrogen-bond donors (Lipinski definition) is 1. The summed E-state index contributed by atoms with van der Waals surface area (Å²) in [5, 5.41) is 8.57. The van der Waals surface area contributed by atoms with Crippen LogP contribution in [0.3, 0.4) is 0 Å². The molecule has 1 unspecified atom stereocenters. The summed E-state index contributed by atoms with van der Waals surface area (Å²) in [5.74, 6) is 0. The van der Waals surface area contributed by atoms with Gasteiger partial charge in [0.15, 0.2) is 5.60 Å². The quantitative estimate of drug-likeness (QED) is 0.749. The maximum Gasteiger partial charge on any atom is 0.419 e. The van der Waals surface area contributed by atoms with Crippen molar-refractivity contribution in [3.63, 3.8) is 0 Å². The maximum atomic E-state index is 13.1. The molecule has 1 N–H and O–H groups in total. The van der Waals surface area contributed by atoms with Crippen LogP contribution in [0.5, 0.6) is 0 Å². The van der Waals surface area contributed by atoms with Gasteiger partial charge in [-0.1, -0.05) is 30.3 Å². The van der Waals surface area contributed by atoms with Gasteiger partial charge in [-0.3, -0.25) is 0 Å². The number of hydrogen-bond acceptors (Lipinski definition) is 3. The van der Waals surface area contributed by atoms with Gasteiger partial charge in [0.05, 0.1) is 13.2 Å². The van der Waals surface area contributed by atoms with E-state index in [9.17, 15) is 13.2 Å². The number of aliphatic hydroxyl groups is 1. The summed E-state index contributed by atoms with van der Waals surface area (Å²) in [6.07, 6.45) is -4.23. The van der Waals surface area contributed by atoms with Crippen LogP contribution in [0.25, 0.3) is 0 Å². The molecule has 1 rings (SSSR count). The Hall–Kier alpha value is -1.11. The van der Waals surface area contributed by atoms with Crippen molar-refractivity contribution >= 4 is 0 Å². The molecule has 0 spiro atoms. The van der Waals surface area contributed by atoms with Gasteiger partial charge in [0.25, 0.3) is 0 Å². The summed E-state index contributed by atoms with van der Waals surface area (Å²) in [5.41, 5.74) is -1.70. The van der Waals surface area contributed by atoms with Gasteiger partial charge in [-0.2, -0.15) is 13.2 Å². The van der Waals surface area contributed by atoms with Crippen molar-refractivity contribution in [1.29, 1.82) is 0 Å². The molecule has 1 atom stereocenters. The van der Waals surface area contributed by atoms with E-state index in [0.717, 1.165) is 6.92 Å². The first kappa shape index (κ1) is 16.9. The van der Waals surface area contributed by atoms with E-state index in [1.807, 2.05) is 0 Å². The Morgan fingerprint density at radius 1 is 1.15 bits per heavy atom. The van der Waals surface area contributed by atoms with Crippen LogP contribution in [-0.2, 0) is 16.1 Å². The molecule has 114 valence electrons. The Labute approximate surface area is 116 Å². The average molecular weight is 292 g/mol. The van der Waals surface area contributed by atoms with Crippen LogP contribution in [0, 0.1) is 0 Å². The summed E-state index contributed by atoms with van der Waals surface area (Å²) in [6, 6.07) is 8.65. The zero-order chi connectivity index (χ0) is 15.1. The van der Waals surface area contributed by atoms with Crippen LogP contribution in [0.1, 0.15) is 18.9 Å². The Morgan fingerprint density at radius 2 is 1.80 bits per heavy atom. The molecule has 0 bridgehead atoms. The normalized spacial score (nSPS) is 15.1. The van der Waals surface area contributed by atoms with Gasteiger partial charge < -0.3 is 14.6 Å². The topological polar surface area (TPSA) is 38.7 Å². The van der Waals surface area contributed by atoms with Crippen LogP contribution in [0.4, 0.5) is 13.2 Å². The van der Waals surface area contributed by atoms with Gasteiger partial charge in [0.2, 0.25) is 0 Å². The lowest BCUT2D eigenvalue weighted by Gasteiger charge is -2.31. The lowest BCUT2D eigenvalue weighted by Crippen LogP contribution is -2.48. The number of ether oxygens (including phenoxy) is 2. The van der Waals surface area contributed by atoms with Crippen molar-refractivity contribution in [2.24, 2.45) is 0 Å². The molecular formula is C14H19F3O3. The highest BCUT2D eigenvalue weighted by molar-refractivity contribution is 5.13. The maximum absolute atomic E-state index is 13.1. The molecule has 0 fully saturated rings. The first-order valence-corrected chi connectivity index (χ1v) is 6.32.